The van der Waals surface area contributed by atoms with Crippen molar-refractivity contribution in [1.29, 1.82) is 5.26 Å². The first kappa shape index (κ1) is 18.7. The lowest BCUT2D eigenvalue weighted by molar-refractivity contribution is 0.119. The Kier molecular flexibility index (Phi) is 5.70. The molecule has 1 aromatic heterocycles. The van der Waals surface area contributed by atoms with E-state index in [0.29, 0.717) is 11.6 Å². The zero-order valence-electron chi connectivity index (χ0n) is 16.0. The van der Waals surface area contributed by atoms with Crippen LogP contribution in [0.3, 0.4) is 0 Å². The van der Waals surface area contributed by atoms with Gasteiger partial charge in [-0.1, -0.05) is 24.6 Å². The SMILES string of the molecule is N#Cc1ccc(-c2ccc3oc(CCN4CCCC[C@H]4CCO)nc3c2)cc1. The number of oxazole rings is 1. The molecule has 0 amide bonds. The lowest BCUT2D eigenvalue weighted by Crippen LogP contribution is -2.41. The molecule has 1 atom stereocenters. The average molecular weight is 375 g/mol. The number of benzene rings is 2. The minimum Gasteiger partial charge on any atom is -0.441 e. The van der Waals surface area contributed by atoms with E-state index in [2.05, 4.69) is 11.0 Å². The topological polar surface area (TPSA) is 73.3 Å². The summed E-state index contributed by atoms with van der Waals surface area (Å²) in [6.45, 7) is 2.26. The van der Waals surface area contributed by atoms with Gasteiger partial charge in [0.2, 0.25) is 0 Å². The van der Waals surface area contributed by atoms with Gasteiger partial charge in [0.05, 0.1) is 11.6 Å². The summed E-state index contributed by atoms with van der Waals surface area (Å²) >= 11 is 0. The third kappa shape index (κ3) is 4.09. The molecule has 0 saturated carbocycles. The molecule has 1 N–H and O–H groups in total. The van der Waals surface area contributed by atoms with Crippen LogP contribution in [0.4, 0.5) is 0 Å². The Labute approximate surface area is 165 Å². The van der Waals surface area contributed by atoms with Crippen molar-refractivity contribution in [1.82, 2.24) is 9.88 Å². The molecule has 0 aliphatic carbocycles. The van der Waals surface area contributed by atoms with E-state index in [-0.39, 0.29) is 6.61 Å². The molecule has 4 rings (SSSR count). The summed E-state index contributed by atoms with van der Waals surface area (Å²) in [6.07, 6.45) is 5.28. The standard InChI is InChI=1S/C23H25N3O2/c24-16-17-4-6-18(7-5-17)19-8-9-22-21(15-19)25-23(28-22)10-13-26-12-2-1-3-20(26)11-14-27/h4-9,15,20,27H,1-3,10-14H2/t20-/m0/s1. The second-order valence-electron chi connectivity index (χ2n) is 7.43. The number of nitrogens with zero attached hydrogens (tertiary/aromatic N) is 3. The van der Waals surface area contributed by atoms with Crippen molar-refractivity contribution in [2.24, 2.45) is 0 Å². The summed E-state index contributed by atoms with van der Waals surface area (Å²) < 4.78 is 5.95. The quantitative estimate of drug-likeness (QED) is 0.701. The van der Waals surface area contributed by atoms with Crippen molar-refractivity contribution < 1.29 is 9.52 Å². The molecule has 1 aliphatic rings. The summed E-state index contributed by atoms with van der Waals surface area (Å²) in [7, 11) is 0. The summed E-state index contributed by atoms with van der Waals surface area (Å²) in [5.74, 6) is 0.764. The van der Waals surface area contributed by atoms with Gasteiger partial charge >= 0.3 is 0 Å². The van der Waals surface area contributed by atoms with Crippen LogP contribution in [0.25, 0.3) is 22.2 Å². The van der Waals surface area contributed by atoms with Crippen molar-refractivity contribution in [2.45, 2.75) is 38.1 Å². The maximum Gasteiger partial charge on any atom is 0.196 e. The van der Waals surface area contributed by atoms with Crippen molar-refractivity contribution in [3.63, 3.8) is 0 Å². The molecule has 5 nitrogen and oxygen atoms in total. The zero-order chi connectivity index (χ0) is 19.3. The van der Waals surface area contributed by atoms with Gasteiger partial charge in [0, 0.05) is 25.6 Å². The van der Waals surface area contributed by atoms with Gasteiger partial charge in [-0.2, -0.15) is 5.26 Å². The fraction of sp³-hybridized carbons (Fsp3) is 0.391. The number of piperidine rings is 1. The van der Waals surface area contributed by atoms with Crippen molar-refractivity contribution >= 4 is 11.1 Å². The molecule has 1 aliphatic heterocycles. The lowest BCUT2D eigenvalue weighted by Gasteiger charge is -2.35. The number of fused-ring (bicyclic) bond motifs is 1. The van der Waals surface area contributed by atoms with Gasteiger partial charge in [0.25, 0.3) is 0 Å². The smallest absolute Gasteiger partial charge is 0.196 e. The molecule has 0 bridgehead atoms. The molecule has 5 heteroatoms. The Hall–Kier alpha value is -2.68. The van der Waals surface area contributed by atoms with E-state index in [9.17, 15) is 5.11 Å². The second-order valence-corrected chi connectivity index (χ2v) is 7.43. The molecule has 0 radical (unpaired) electrons. The van der Waals surface area contributed by atoms with E-state index in [0.717, 1.165) is 54.0 Å². The Morgan fingerprint density at radius 1 is 1.14 bits per heavy atom. The average Bonchev–Trinajstić information content (AvgIpc) is 3.15. The van der Waals surface area contributed by atoms with Crippen LogP contribution in [-0.4, -0.2) is 40.7 Å². The molecular formula is C23H25N3O2. The Bertz CT molecular complexity index is 970. The normalized spacial score (nSPS) is 17.6. The number of nitriles is 1. The Balaban J connectivity index is 1.47. The largest absolute Gasteiger partial charge is 0.441 e. The minimum absolute atomic E-state index is 0.252. The summed E-state index contributed by atoms with van der Waals surface area (Å²) in [4.78, 5) is 7.16. The van der Waals surface area contributed by atoms with Crippen LogP contribution in [0.2, 0.25) is 0 Å². The van der Waals surface area contributed by atoms with Crippen LogP contribution in [-0.2, 0) is 6.42 Å². The molecule has 2 heterocycles. The van der Waals surface area contributed by atoms with Crippen molar-refractivity contribution in [3.8, 4) is 17.2 Å². The fourth-order valence-corrected chi connectivity index (χ4v) is 4.07. The summed E-state index contributed by atoms with van der Waals surface area (Å²) in [6, 6.07) is 16.2. The maximum atomic E-state index is 9.29. The fourth-order valence-electron chi connectivity index (χ4n) is 4.07. The highest BCUT2D eigenvalue weighted by atomic mass is 16.3. The maximum absolute atomic E-state index is 9.29. The van der Waals surface area contributed by atoms with Crippen LogP contribution in [0.1, 0.15) is 37.1 Å². The molecule has 0 spiro atoms. The summed E-state index contributed by atoms with van der Waals surface area (Å²) in [5, 5.41) is 18.2. The molecule has 2 aromatic carbocycles. The minimum atomic E-state index is 0.252. The first-order valence-electron chi connectivity index (χ1n) is 10.0. The number of aliphatic hydroxyl groups is 1. The van der Waals surface area contributed by atoms with Gasteiger partial charge in [0.1, 0.15) is 5.52 Å². The Morgan fingerprint density at radius 2 is 1.96 bits per heavy atom. The molecular weight excluding hydrogens is 350 g/mol. The molecule has 28 heavy (non-hydrogen) atoms. The highest BCUT2D eigenvalue weighted by molar-refractivity contribution is 5.80. The number of aromatic nitrogens is 1. The van der Waals surface area contributed by atoms with E-state index < -0.39 is 0 Å². The van der Waals surface area contributed by atoms with Crippen molar-refractivity contribution in [3.05, 3.63) is 53.9 Å². The van der Waals surface area contributed by atoms with Gasteiger partial charge in [-0.3, -0.25) is 4.90 Å². The molecule has 0 unspecified atom stereocenters. The summed E-state index contributed by atoms with van der Waals surface area (Å²) in [5.41, 5.74) is 4.45. The van der Waals surface area contributed by atoms with E-state index in [1.165, 1.54) is 19.3 Å². The monoisotopic (exact) mass is 375 g/mol. The van der Waals surface area contributed by atoms with Gasteiger partial charge in [-0.05, 0) is 61.2 Å². The molecule has 1 saturated heterocycles. The predicted octanol–water partition coefficient (Wildman–Crippen LogP) is 4.15. The van der Waals surface area contributed by atoms with Gasteiger partial charge in [-0.25, -0.2) is 4.98 Å². The van der Waals surface area contributed by atoms with E-state index in [1.54, 1.807) is 0 Å². The van der Waals surface area contributed by atoms with Crippen LogP contribution < -0.4 is 0 Å². The number of rotatable bonds is 6. The van der Waals surface area contributed by atoms with Gasteiger partial charge < -0.3 is 9.52 Å². The molecule has 144 valence electrons. The molecule has 1 fully saturated rings. The Morgan fingerprint density at radius 3 is 2.75 bits per heavy atom. The van der Waals surface area contributed by atoms with Gasteiger partial charge in [0.15, 0.2) is 11.5 Å². The van der Waals surface area contributed by atoms with Crippen molar-refractivity contribution in [2.75, 3.05) is 19.7 Å². The number of aliphatic hydroxyl groups excluding tert-OH is 1. The first-order valence-corrected chi connectivity index (χ1v) is 10.0. The van der Waals surface area contributed by atoms with Crippen LogP contribution in [0, 0.1) is 11.3 Å². The number of likely N-dealkylation sites (tertiary alicyclic amines) is 1. The predicted molar refractivity (Wildman–Crippen MR) is 109 cm³/mol. The van der Waals surface area contributed by atoms with E-state index >= 15 is 0 Å². The first-order chi connectivity index (χ1) is 13.8. The van der Waals surface area contributed by atoms with Crippen LogP contribution >= 0.6 is 0 Å². The highest BCUT2D eigenvalue weighted by Crippen LogP contribution is 2.26. The van der Waals surface area contributed by atoms with Crippen LogP contribution in [0.5, 0.6) is 0 Å². The third-order valence-corrected chi connectivity index (χ3v) is 5.60. The van der Waals surface area contributed by atoms with Crippen LogP contribution in [0.15, 0.2) is 46.9 Å². The number of hydrogen-bond donors (Lipinski definition) is 1. The van der Waals surface area contributed by atoms with Gasteiger partial charge in [-0.15, -0.1) is 0 Å². The van der Waals surface area contributed by atoms with E-state index in [1.807, 2.05) is 42.5 Å². The van der Waals surface area contributed by atoms with E-state index in [4.69, 9.17) is 14.7 Å². The second kappa shape index (κ2) is 8.55. The third-order valence-electron chi connectivity index (χ3n) is 5.60. The number of hydrogen-bond acceptors (Lipinski definition) is 5. The lowest BCUT2D eigenvalue weighted by atomic mass is 9.99. The highest BCUT2D eigenvalue weighted by Gasteiger charge is 2.22. The zero-order valence-corrected chi connectivity index (χ0v) is 16.0. The molecule has 3 aromatic rings.